The van der Waals surface area contributed by atoms with Crippen LogP contribution in [0.25, 0.3) is 33.7 Å². The Morgan fingerprint density at radius 2 is 2.16 bits per heavy atom. The molecule has 1 aliphatic heterocycles. The molecule has 0 unspecified atom stereocenters. The second kappa shape index (κ2) is 3.00. The standard InChI is InChI=1S/C14H8N3O2/c1-2-8-10(16-4-1)7-17-13(8)19-12-9-6-15-5-3-11(9)18-14(12)17/h1-6H,7H2/q+1. The van der Waals surface area contributed by atoms with Crippen LogP contribution in [0.3, 0.4) is 0 Å². The smallest absolute Gasteiger partial charge is 0.401 e. The quantitative estimate of drug-likeness (QED) is 0.396. The van der Waals surface area contributed by atoms with E-state index < -0.39 is 0 Å². The SMILES string of the molecule is c1cnc2c(c1)-c1oc3c4cnccc4oc3[n+]1C2. The monoisotopic (exact) mass is 250 g/mol. The third kappa shape index (κ3) is 1.03. The van der Waals surface area contributed by atoms with Crippen LogP contribution < -0.4 is 4.57 Å². The summed E-state index contributed by atoms with van der Waals surface area (Å²) in [7, 11) is 0. The Morgan fingerprint density at radius 3 is 3.16 bits per heavy atom. The minimum Gasteiger partial charge on any atom is -0.401 e. The van der Waals surface area contributed by atoms with Crippen molar-refractivity contribution in [2.24, 2.45) is 0 Å². The van der Waals surface area contributed by atoms with E-state index in [2.05, 4.69) is 9.97 Å². The van der Waals surface area contributed by atoms with E-state index in [1.54, 1.807) is 18.6 Å². The average molecular weight is 250 g/mol. The molecule has 5 nitrogen and oxygen atoms in total. The molecule has 0 aliphatic carbocycles. The summed E-state index contributed by atoms with van der Waals surface area (Å²) in [5, 5.41) is 0.907. The van der Waals surface area contributed by atoms with Crippen LogP contribution in [-0.4, -0.2) is 9.97 Å². The number of hydrogen-bond donors (Lipinski definition) is 0. The van der Waals surface area contributed by atoms with Crippen molar-refractivity contribution in [3.63, 3.8) is 0 Å². The molecule has 0 saturated heterocycles. The first-order valence-electron chi connectivity index (χ1n) is 6.05. The van der Waals surface area contributed by atoms with Gasteiger partial charge in [-0.2, -0.15) is 0 Å². The van der Waals surface area contributed by atoms with Crippen LogP contribution in [-0.2, 0) is 6.54 Å². The zero-order valence-electron chi connectivity index (χ0n) is 9.83. The maximum absolute atomic E-state index is 5.98. The molecule has 5 heteroatoms. The highest BCUT2D eigenvalue weighted by atomic mass is 16.4. The molecule has 4 aromatic heterocycles. The molecular weight excluding hydrogens is 242 g/mol. The van der Waals surface area contributed by atoms with Crippen LogP contribution in [0.1, 0.15) is 5.69 Å². The van der Waals surface area contributed by atoms with Gasteiger partial charge >= 0.3 is 11.6 Å². The molecule has 0 bridgehead atoms. The van der Waals surface area contributed by atoms with E-state index in [-0.39, 0.29) is 0 Å². The predicted molar refractivity (Wildman–Crippen MR) is 66.3 cm³/mol. The minimum atomic E-state index is 0.686. The van der Waals surface area contributed by atoms with E-state index in [1.165, 1.54) is 0 Å². The molecule has 0 atom stereocenters. The molecule has 0 amide bonds. The van der Waals surface area contributed by atoms with Gasteiger partial charge < -0.3 is 8.83 Å². The van der Waals surface area contributed by atoms with Crippen molar-refractivity contribution in [2.45, 2.75) is 6.54 Å². The van der Waals surface area contributed by atoms with Gasteiger partial charge in [-0.05, 0) is 12.1 Å². The highest BCUT2D eigenvalue weighted by molar-refractivity contribution is 5.98. The van der Waals surface area contributed by atoms with Gasteiger partial charge in [0.1, 0.15) is 16.8 Å². The maximum Gasteiger partial charge on any atom is 0.422 e. The molecule has 0 saturated carbocycles. The fourth-order valence-electron chi connectivity index (χ4n) is 2.68. The molecule has 0 spiro atoms. The summed E-state index contributed by atoms with van der Waals surface area (Å²) in [6.45, 7) is 0.686. The van der Waals surface area contributed by atoms with Crippen LogP contribution in [0.2, 0.25) is 0 Å². The number of nitrogens with zero attached hydrogens (tertiary/aromatic N) is 3. The largest absolute Gasteiger partial charge is 0.422 e. The first-order valence-corrected chi connectivity index (χ1v) is 6.05. The van der Waals surface area contributed by atoms with Gasteiger partial charge in [0.15, 0.2) is 6.54 Å². The summed E-state index contributed by atoms with van der Waals surface area (Å²) >= 11 is 0. The number of rotatable bonds is 0. The second-order valence-corrected chi connectivity index (χ2v) is 4.60. The lowest BCUT2D eigenvalue weighted by Gasteiger charge is -1.88. The van der Waals surface area contributed by atoms with Crippen molar-refractivity contribution in [2.75, 3.05) is 0 Å². The maximum atomic E-state index is 5.98. The Bertz CT molecular complexity index is 952. The van der Waals surface area contributed by atoms with Gasteiger partial charge in [0, 0.05) is 24.7 Å². The summed E-state index contributed by atoms with van der Waals surface area (Å²) < 4.78 is 13.9. The van der Waals surface area contributed by atoms with Gasteiger partial charge in [-0.1, -0.05) is 0 Å². The number of hydrogen-bond acceptors (Lipinski definition) is 4. The number of furan rings is 1. The van der Waals surface area contributed by atoms with Gasteiger partial charge in [-0.3, -0.25) is 9.97 Å². The fraction of sp³-hybridized carbons (Fsp3) is 0.0714. The van der Waals surface area contributed by atoms with Crippen LogP contribution >= 0.6 is 0 Å². The Morgan fingerprint density at radius 1 is 1.16 bits per heavy atom. The summed E-state index contributed by atoms with van der Waals surface area (Å²) in [5.74, 6) is 0.808. The third-order valence-electron chi connectivity index (χ3n) is 3.54. The van der Waals surface area contributed by atoms with E-state index in [4.69, 9.17) is 8.83 Å². The van der Waals surface area contributed by atoms with E-state index in [9.17, 15) is 0 Å². The molecule has 90 valence electrons. The number of fused-ring (bicyclic) bond motifs is 7. The Balaban J connectivity index is 1.93. The first kappa shape index (κ1) is 9.27. The first-order chi connectivity index (χ1) is 9.42. The van der Waals surface area contributed by atoms with E-state index in [0.29, 0.717) is 6.54 Å². The summed E-state index contributed by atoms with van der Waals surface area (Å²) in [6.07, 6.45) is 5.28. The van der Waals surface area contributed by atoms with Gasteiger partial charge in [0.05, 0.1) is 5.39 Å². The highest BCUT2D eigenvalue weighted by Gasteiger charge is 2.37. The van der Waals surface area contributed by atoms with Crippen molar-refractivity contribution < 1.29 is 13.4 Å². The molecule has 4 aromatic rings. The van der Waals surface area contributed by atoms with Crippen LogP contribution in [0.15, 0.2) is 45.6 Å². The molecule has 1 aliphatic rings. The summed E-state index contributed by atoms with van der Waals surface area (Å²) in [6, 6.07) is 5.78. The fourth-order valence-corrected chi connectivity index (χ4v) is 2.68. The molecule has 0 radical (unpaired) electrons. The van der Waals surface area contributed by atoms with E-state index in [0.717, 1.165) is 39.4 Å². The zero-order chi connectivity index (χ0) is 12.4. The third-order valence-corrected chi connectivity index (χ3v) is 3.54. The lowest BCUT2D eigenvalue weighted by molar-refractivity contribution is -0.656. The van der Waals surface area contributed by atoms with Gasteiger partial charge in [-0.15, -0.1) is 4.57 Å². The predicted octanol–water partition coefficient (Wildman–Crippen LogP) is 2.29. The topological polar surface area (TPSA) is 55.9 Å². The average Bonchev–Trinajstić information content (AvgIpc) is 3.07. The Kier molecular flexibility index (Phi) is 1.46. The summed E-state index contributed by atoms with van der Waals surface area (Å²) in [4.78, 5) is 8.49. The molecular formula is C14H8N3O2+. The van der Waals surface area contributed by atoms with Crippen molar-refractivity contribution >= 4 is 22.3 Å². The normalized spacial score (nSPS) is 13.1. The summed E-state index contributed by atoms with van der Waals surface area (Å²) in [5.41, 5.74) is 4.35. The van der Waals surface area contributed by atoms with Crippen LogP contribution in [0.5, 0.6) is 0 Å². The Labute approximate surface area is 107 Å². The Hall–Kier alpha value is -2.69. The molecule has 0 aromatic carbocycles. The second-order valence-electron chi connectivity index (χ2n) is 4.60. The number of pyridine rings is 2. The lowest BCUT2D eigenvalue weighted by Crippen LogP contribution is -2.30. The van der Waals surface area contributed by atoms with Gasteiger partial charge in [0.25, 0.3) is 5.58 Å². The number of oxazole rings is 1. The number of aromatic nitrogens is 3. The highest BCUT2D eigenvalue weighted by Crippen LogP contribution is 2.34. The van der Waals surface area contributed by atoms with E-state index >= 15 is 0 Å². The molecule has 0 N–H and O–H groups in total. The minimum absolute atomic E-state index is 0.686. The molecule has 5 rings (SSSR count). The van der Waals surface area contributed by atoms with Crippen LogP contribution in [0, 0.1) is 0 Å². The van der Waals surface area contributed by atoms with Crippen molar-refractivity contribution in [1.82, 2.24) is 9.97 Å². The molecule has 0 fully saturated rings. The zero-order valence-corrected chi connectivity index (χ0v) is 9.83. The molecule has 19 heavy (non-hydrogen) atoms. The van der Waals surface area contributed by atoms with Crippen molar-refractivity contribution in [3.05, 3.63) is 42.5 Å². The lowest BCUT2D eigenvalue weighted by atomic mass is 10.2. The van der Waals surface area contributed by atoms with Gasteiger partial charge in [-0.25, -0.2) is 0 Å². The van der Waals surface area contributed by atoms with Crippen LogP contribution in [0.4, 0.5) is 0 Å². The van der Waals surface area contributed by atoms with E-state index in [1.807, 2.05) is 22.8 Å². The van der Waals surface area contributed by atoms with Gasteiger partial charge in [0.2, 0.25) is 0 Å². The molecule has 5 heterocycles. The van der Waals surface area contributed by atoms with Crippen molar-refractivity contribution in [1.29, 1.82) is 0 Å². The van der Waals surface area contributed by atoms with Crippen molar-refractivity contribution in [3.8, 4) is 11.5 Å².